The summed E-state index contributed by atoms with van der Waals surface area (Å²) in [6, 6.07) is 0.652. The number of rotatable bonds is 1. The normalized spacial score (nSPS) is 36.7. The van der Waals surface area contributed by atoms with Gasteiger partial charge in [0.1, 0.15) is 6.61 Å². The zero-order chi connectivity index (χ0) is 6.10. The number of hydrogen-bond acceptors (Lipinski definition) is 2. The number of likely N-dealkylation sites (tertiary alicyclic amines) is 1. The molecule has 2 nitrogen and oxygen atoms in total. The van der Waals surface area contributed by atoms with Gasteiger partial charge in [0, 0.05) is 12.6 Å². The van der Waals surface area contributed by atoms with Gasteiger partial charge in [-0.2, -0.15) is 0 Å². The van der Waals surface area contributed by atoms with Crippen molar-refractivity contribution < 1.29 is 4.74 Å². The molecule has 2 heterocycles. The van der Waals surface area contributed by atoms with E-state index in [4.69, 9.17) is 4.74 Å². The van der Waals surface area contributed by atoms with Crippen LogP contribution < -0.4 is 0 Å². The molecule has 2 heteroatoms. The molecule has 2 rings (SSSR count). The van der Waals surface area contributed by atoms with Crippen LogP contribution in [0.3, 0.4) is 0 Å². The molecule has 2 saturated heterocycles. The van der Waals surface area contributed by atoms with Gasteiger partial charge in [-0.15, -0.1) is 0 Å². The second-order valence-corrected chi connectivity index (χ2v) is 2.75. The summed E-state index contributed by atoms with van der Waals surface area (Å²) >= 11 is 0. The standard InChI is InChI=1S/C7H12NO/c1-3-8(4-1)7-2-5-9-6-7/h6-7H,1-5H2. The lowest BCUT2D eigenvalue weighted by Crippen LogP contribution is -2.44. The number of ether oxygens (including phenoxy) is 1. The first-order chi connectivity index (χ1) is 4.47. The van der Waals surface area contributed by atoms with Crippen molar-refractivity contribution in [3.63, 3.8) is 0 Å². The Kier molecular flexibility index (Phi) is 1.44. The quantitative estimate of drug-likeness (QED) is 0.511. The zero-order valence-corrected chi connectivity index (χ0v) is 5.55. The Bertz CT molecular complexity index is 95.1. The van der Waals surface area contributed by atoms with Crippen molar-refractivity contribution in [2.75, 3.05) is 19.7 Å². The maximum atomic E-state index is 5.15. The van der Waals surface area contributed by atoms with Crippen LogP contribution in [0.4, 0.5) is 0 Å². The van der Waals surface area contributed by atoms with Gasteiger partial charge >= 0.3 is 0 Å². The molecule has 51 valence electrons. The van der Waals surface area contributed by atoms with E-state index in [-0.39, 0.29) is 0 Å². The number of hydrogen-bond donors (Lipinski definition) is 0. The molecule has 2 aliphatic heterocycles. The van der Waals surface area contributed by atoms with Crippen molar-refractivity contribution in [2.45, 2.75) is 18.9 Å². The highest BCUT2D eigenvalue weighted by molar-refractivity contribution is 4.87. The van der Waals surface area contributed by atoms with Gasteiger partial charge in [0.2, 0.25) is 0 Å². The number of nitrogens with zero attached hydrogens (tertiary/aromatic N) is 1. The van der Waals surface area contributed by atoms with Crippen LogP contribution >= 0.6 is 0 Å². The van der Waals surface area contributed by atoms with E-state index in [9.17, 15) is 0 Å². The summed E-state index contributed by atoms with van der Waals surface area (Å²) < 4.78 is 5.15. The van der Waals surface area contributed by atoms with E-state index in [2.05, 4.69) is 4.90 Å². The molecule has 0 aromatic rings. The molecular weight excluding hydrogens is 114 g/mol. The Morgan fingerprint density at radius 2 is 2.33 bits per heavy atom. The minimum Gasteiger partial charge on any atom is -0.374 e. The van der Waals surface area contributed by atoms with Gasteiger partial charge in [0.15, 0.2) is 0 Å². The maximum Gasteiger partial charge on any atom is 0.101 e. The third-order valence-corrected chi connectivity index (χ3v) is 2.14. The summed E-state index contributed by atoms with van der Waals surface area (Å²) in [6.07, 6.45) is 2.59. The Morgan fingerprint density at radius 1 is 1.44 bits per heavy atom. The Labute approximate surface area is 55.8 Å². The predicted octanol–water partition coefficient (Wildman–Crippen LogP) is 0.643. The minimum absolute atomic E-state index is 0.652. The SMILES string of the molecule is [CH]1OCCC1N1CCC1. The molecule has 0 aromatic carbocycles. The van der Waals surface area contributed by atoms with Gasteiger partial charge in [-0.25, -0.2) is 0 Å². The van der Waals surface area contributed by atoms with Crippen LogP contribution in [0, 0.1) is 6.61 Å². The summed E-state index contributed by atoms with van der Waals surface area (Å²) in [6.45, 7) is 5.48. The fraction of sp³-hybridized carbons (Fsp3) is 0.857. The summed E-state index contributed by atoms with van der Waals surface area (Å²) in [5, 5.41) is 0. The van der Waals surface area contributed by atoms with Crippen LogP contribution in [-0.4, -0.2) is 30.6 Å². The van der Waals surface area contributed by atoms with Gasteiger partial charge in [0.05, 0.1) is 0 Å². The smallest absolute Gasteiger partial charge is 0.101 e. The van der Waals surface area contributed by atoms with Crippen molar-refractivity contribution in [3.05, 3.63) is 6.61 Å². The van der Waals surface area contributed by atoms with Crippen LogP contribution in [0.2, 0.25) is 0 Å². The van der Waals surface area contributed by atoms with Crippen LogP contribution in [0.1, 0.15) is 12.8 Å². The zero-order valence-electron chi connectivity index (χ0n) is 5.55. The van der Waals surface area contributed by atoms with Gasteiger partial charge in [-0.05, 0) is 25.9 Å². The lowest BCUT2D eigenvalue weighted by atomic mass is 10.1. The average molecular weight is 126 g/mol. The third kappa shape index (κ3) is 0.970. The topological polar surface area (TPSA) is 12.5 Å². The molecule has 0 spiro atoms. The van der Waals surface area contributed by atoms with Gasteiger partial charge in [0.25, 0.3) is 0 Å². The molecule has 0 N–H and O–H groups in total. The van der Waals surface area contributed by atoms with Crippen molar-refractivity contribution >= 4 is 0 Å². The fourth-order valence-corrected chi connectivity index (χ4v) is 1.38. The van der Waals surface area contributed by atoms with Crippen LogP contribution in [0.25, 0.3) is 0 Å². The largest absolute Gasteiger partial charge is 0.374 e. The molecule has 0 amide bonds. The van der Waals surface area contributed by atoms with Crippen LogP contribution in [-0.2, 0) is 4.74 Å². The molecule has 0 aromatic heterocycles. The highest BCUT2D eigenvalue weighted by atomic mass is 16.5. The molecule has 0 aliphatic carbocycles. The highest BCUT2D eigenvalue weighted by Crippen LogP contribution is 2.20. The van der Waals surface area contributed by atoms with Crippen LogP contribution in [0.15, 0.2) is 0 Å². The highest BCUT2D eigenvalue weighted by Gasteiger charge is 2.27. The van der Waals surface area contributed by atoms with E-state index in [0.717, 1.165) is 6.61 Å². The van der Waals surface area contributed by atoms with E-state index in [1.807, 2.05) is 6.61 Å². The van der Waals surface area contributed by atoms with Gasteiger partial charge in [-0.1, -0.05) is 0 Å². The molecule has 2 aliphatic rings. The Morgan fingerprint density at radius 3 is 2.78 bits per heavy atom. The van der Waals surface area contributed by atoms with Crippen molar-refractivity contribution in [1.82, 2.24) is 4.90 Å². The summed E-state index contributed by atoms with van der Waals surface area (Å²) in [5.74, 6) is 0. The molecule has 1 atom stereocenters. The molecule has 9 heavy (non-hydrogen) atoms. The second kappa shape index (κ2) is 2.27. The van der Waals surface area contributed by atoms with Crippen molar-refractivity contribution in [3.8, 4) is 0 Å². The first kappa shape index (κ1) is 5.69. The van der Waals surface area contributed by atoms with Gasteiger partial charge < -0.3 is 4.74 Å². The lowest BCUT2D eigenvalue weighted by Gasteiger charge is -2.35. The predicted molar refractivity (Wildman–Crippen MR) is 34.8 cm³/mol. The van der Waals surface area contributed by atoms with Gasteiger partial charge in [-0.3, -0.25) is 4.90 Å². The average Bonchev–Trinajstić information content (AvgIpc) is 2.11. The van der Waals surface area contributed by atoms with Crippen molar-refractivity contribution in [1.29, 1.82) is 0 Å². The van der Waals surface area contributed by atoms with E-state index < -0.39 is 0 Å². The van der Waals surface area contributed by atoms with E-state index in [1.54, 1.807) is 0 Å². The Balaban J connectivity index is 1.82. The van der Waals surface area contributed by atoms with Crippen LogP contribution in [0.5, 0.6) is 0 Å². The van der Waals surface area contributed by atoms with Crippen molar-refractivity contribution in [2.24, 2.45) is 0 Å². The summed E-state index contributed by atoms with van der Waals surface area (Å²) in [7, 11) is 0. The fourth-order valence-electron chi connectivity index (χ4n) is 1.38. The second-order valence-electron chi connectivity index (χ2n) is 2.75. The minimum atomic E-state index is 0.652. The first-order valence-corrected chi connectivity index (χ1v) is 3.66. The maximum absolute atomic E-state index is 5.15. The van der Waals surface area contributed by atoms with E-state index >= 15 is 0 Å². The molecule has 0 bridgehead atoms. The molecule has 0 saturated carbocycles. The Hall–Kier alpha value is -0.0800. The van der Waals surface area contributed by atoms with E-state index in [0.29, 0.717) is 6.04 Å². The molecule has 1 radical (unpaired) electrons. The third-order valence-electron chi connectivity index (χ3n) is 2.14. The summed E-state index contributed by atoms with van der Waals surface area (Å²) in [5.41, 5.74) is 0. The first-order valence-electron chi connectivity index (χ1n) is 3.66. The molecule has 1 unspecified atom stereocenters. The molecular formula is C7H12NO. The lowest BCUT2D eigenvalue weighted by molar-refractivity contribution is 0.128. The summed E-state index contributed by atoms with van der Waals surface area (Å²) in [4.78, 5) is 2.47. The molecule has 2 fully saturated rings. The van der Waals surface area contributed by atoms with E-state index in [1.165, 1.54) is 25.9 Å². The monoisotopic (exact) mass is 126 g/mol.